The first kappa shape index (κ1) is 24.4. The van der Waals surface area contributed by atoms with Gasteiger partial charge in [0.05, 0.1) is 27.2 Å². The first-order valence-electron chi connectivity index (χ1n) is 10.9. The van der Waals surface area contributed by atoms with Crippen LogP contribution < -0.4 is 19.5 Å². The van der Waals surface area contributed by atoms with E-state index in [1.54, 1.807) is 45.5 Å². The lowest BCUT2D eigenvalue weighted by Gasteiger charge is -2.21. The molecule has 0 aromatic heterocycles. The van der Waals surface area contributed by atoms with Gasteiger partial charge in [0.25, 0.3) is 5.91 Å². The summed E-state index contributed by atoms with van der Waals surface area (Å²) in [5.74, 6) is 0.685. The predicted molar refractivity (Wildman–Crippen MR) is 124 cm³/mol. The van der Waals surface area contributed by atoms with Crippen LogP contribution in [0.1, 0.15) is 28.3 Å². The van der Waals surface area contributed by atoms with Crippen molar-refractivity contribution in [3.05, 3.63) is 53.6 Å². The predicted octanol–water partition coefficient (Wildman–Crippen LogP) is 2.72. The summed E-state index contributed by atoms with van der Waals surface area (Å²) in [6, 6.07) is 12.8. The van der Waals surface area contributed by atoms with Crippen LogP contribution in [0.2, 0.25) is 0 Å². The van der Waals surface area contributed by atoms with Crippen molar-refractivity contribution in [2.75, 3.05) is 54.7 Å². The summed E-state index contributed by atoms with van der Waals surface area (Å²) in [7, 11) is 6.29. The first-order valence-corrected chi connectivity index (χ1v) is 10.9. The van der Waals surface area contributed by atoms with Gasteiger partial charge < -0.3 is 29.2 Å². The molecular formula is C25H32N2O6. The molecule has 2 aromatic rings. The summed E-state index contributed by atoms with van der Waals surface area (Å²) >= 11 is 0. The minimum absolute atomic E-state index is 0.0896. The Bertz CT molecular complexity index is 924. The molecule has 8 nitrogen and oxygen atoms in total. The molecule has 0 spiro atoms. The molecule has 0 bridgehead atoms. The monoisotopic (exact) mass is 456 g/mol. The highest BCUT2D eigenvalue weighted by molar-refractivity contribution is 5.95. The van der Waals surface area contributed by atoms with Crippen LogP contribution in [0.25, 0.3) is 0 Å². The number of ether oxygens (including phenoxy) is 4. The van der Waals surface area contributed by atoms with Crippen molar-refractivity contribution in [3.8, 4) is 17.2 Å². The zero-order chi connectivity index (χ0) is 23.8. The number of carbonyl (C=O) groups is 2. The van der Waals surface area contributed by atoms with Crippen molar-refractivity contribution in [2.24, 2.45) is 5.92 Å². The maximum absolute atomic E-state index is 13.2. The number of rotatable bonds is 10. The van der Waals surface area contributed by atoms with Crippen molar-refractivity contribution in [1.82, 2.24) is 10.2 Å². The lowest BCUT2D eigenvalue weighted by atomic mass is 9.88. The third kappa shape index (κ3) is 5.57. The third-order valence-electron chi connectivity index (χ3n) is 5.90. The van der Waals surface area contributed by atoms with Crippen LogP contribution in [0.3, 0.4) is 0 Å². The number of hydrogen-bond donors (Lipinski definition) is 1. The van der Waals surface area contributed by atoms with E-state index < -0.39 is 5.92 Å². The first-order chi connectivity index (χ1) is 16.0. The molecule has 0 radical (unpaired) electrons. The average molecular weight is 457 g/mol. The molecule has 1 aliphatic heterocycles. The Morgan fingerprint density at radius 1 is 0.970 bits per heavy atom. The molecule has 0 unspecified atom stereocenters. The fourth-order valence-electron chi connectivity index (χ4n) is 4.21. The normalized spacial score (nSPS) is 17.5. The van der Waals surface area contributed by atoms with Gasteiger partial charge in [-0.05, 0) is 36.2 Å². The number of nitrogens with one attached hydrogen (secondary N) is 1. The van der Waals surface area contributed by atoms with Crippen molar-refractivity contribution in [1.29, 1.82) is 0 Å². The van der Waals surface area contributed by atoms with Gasteiger partial charge in [-0.15, -0.1) is 0 Å². The minimum atomic E-state index is -0.414. The van der Waals surface area contributed by atoms with E-state index in [2.05, 4.69) is 5.32 Å². The van der Waals surface area contributed by atoms with Crippen LogP contribution in [0.4, 0.5) is 0 Å². The summed E-state index contributed by atoms with van der Waals surface area (Å²) in [4.78, 5) is 28.0. The highest BCUT2D eigenvalue weighted by atomic mass is 16.5. The van der Waals surface area contributed by atoms with Gasteiger partial charge in [-0.25, -0.2) is 0 Å². The lowest BCUT2D eigenvalue weighted by Crippen LogP contribution is -2.36. The molecule has 8 heteroatoms. The largest absolute Gasteiger partial charge is 0.493 e. The van der Waals surface area contributed by atoms with Crippen molar-refractivity contribution < 1.29 is 28.5 Å². The molecule has 2 atom stereocenters. The van der Waals surface area contributed by atoms with Crippen LogP contribution in [0, 0.1) is 5.92 Å². The molecule has 178 valence electrons. The molecule has 33 heavy (non-hydrogen) atoms. The van der Waals surface area contributed by atoms with Crippen LogP contribution in [-0.2, 0) is 9.53 Å². The zero-order valence-corrected chi connectivity index (χ0v) is 19.6. The summed E-state index contributed by atoms with van der Waals surface area (Å²) < 4.78 is 21.5. The Morgan fingerprint density at radius 2 is 1.64 bits per heavy atom. The molecule has 1 fully saturated rings. The smallest absolute Gasteiger partial charge is 0.253 e. The molecule has 0 aliphatic carbocycles. The van der Waals surface area contributed by atoms with Crippen molar-refractivity contribution in [2.45, 2.75) is 12.3 Å². The van der Waals surface area contributed by atoms with E-state index in [0.717, 1.165) is 12.0 Å². The number of carbonyl (C=O) groups excluding carboxylic acids is 2. The molecule has 1 aliphatic rings. The Kier molecular flexibility index (Phi) is 8.54. The van der Waals surface area contributed by atoms with Gasteiger partial charge in [-0.3, -0.25) is 9.59 Å². The number of hydrogen-bond acceptors (Lipinski definition) is 6. The van der Waals surface area contributed by atoms with E-state index in [1.165, 1.54) is 0 Å². The SMILES string of the molecule is COCCCNC(=O)[C@@H]1CN(C(=O)c2ccccc2)C[C@H]1c1cc(OC)c(OC)c(OC)c1. The second-order valence-corrected chi connectivity index (χ2v) is 7.89. The standard InChI is InChI=1S/C25H32N2O6/c1-30-12-8-11-26-24(28)20-16-27(25(29)17-9-6-5-7-10-17)15-19(20)18-13-21(31-2)23(33-4)22(14-18)32-3/h5-7,9-10,13-14,19-20H,8,11-12,15-16H2,1-4H3,(H,26,28)/t19-,20+/m0/s1. The van der Waals surface area contributed by atoms with Crippen LogP contribution in [0.5, 0.6) is 17.2 Å². The lowest BCUT2D eigenvalue weighted by molar-refractivity contribution is -0.125. The molecular weight excluding hydrogens is 424 g/mol. The Morgan fingerprint density at radius 3 is 2.21 bits per heavy atom. The maximum Gasteiger partial charge on any atom is 0.253 e. The van der Waals surface area contributed by atoms with Gasteiger partial charge in [-0.1, -0.05) is 18.2 Å². The fourth-order valence-corrected chi connectivity index (χ4v) is 4.21. The van der Waals surface area contributed by atoms with E-state index in [9.17, 15) is 9.59 Å². The molecule has 2 amide bonds. The molecule has 1 N–H and O–H groups in total. The zero-order valence-electron chi connectivity index (χ0n) is 19.6. The van der Waals surface area contributed by atoms with Gasteiger partial charge in [0.1, 0.15) is 0 Å². The second kappa shape index (κ2) is 11.6. The van der Waals surface area contributed by atoms with Crippen LogP contribution in [0.15, 0.2) is 42.5 Å². The van der Waals surface area contributed by atoms with Gasteiger partial charge >= 0.3 is 0 Å². The molecule has 1 heterocycles. The molecule has 1 saturated heterocycles. The summed E-state index contributed by atoms with van der Waals surface area (Å²) in [5.41, 5.74) is 1.45. The van der Waals surface area contributed by atoms with Crippen molar-refractivity contribution in [3.63, 3.8) is 0 Å². The molecule has 3 rings (SSSR count). The topological polar surface area (TPSA) is 86.3 Å². The number of likely N-dealkylation sites (tertiary alicyclic amines) is 1. The Labute approximate surface area is 194 Å². The quantitative estimate of drug-likeness (QED) is 0.554. The third-order valence-corrected chi connectivity index (χ3v) is 5.90. The van der Waals surface area contributed by atoms with E-state index in [-0.39, 0.29) is 17.7 Å². The van der Waals surface area contributed by atoms with Gasteiger partial charge in [0, 0.05) is 44.8 Å². The van der Waals surface area contributed by atoms with Gasteiger partial charge in [-0.2, -0.15) is 0 Å². The fraction of sp³-hybridized carbons (Fsp3) is 0.440. The molecule has 0 saturated carbocycles. The van der Waals surface area contributed by atoms with E-state index in [0.29, 0.717) is 49.1 Å². The van der Waals surface area contributed by atoms with E-state index >= 15 is 0 Å². The summed E-state index contributed by atoms with van der Waals surface area (Å²) in [5, 5.41) is 2.99. The Hall–Kier alpha value is -3.26. The summed E-state index contributed by atoms with van der Waals surface area (Å²) in [6.07, 6.45) is 0.719. The molecule has 2 aromatic carbocycles. The minimum Gasteiger partial charge on any atom is -0.493 e. The number of benzene rings is 2. The van der Waals surface area contributed by atoms with Crippen LogP contribution in [-0.4, -0.2) is 71.4 Å². The maximum atomic E-state index is 13.2. The highest BCUT2D eigenvalue weighted by Gasteiger charge is 2.41. The number of methoxy groups -OCH3 is 4. The Balaban J connectivity index is 1.91. The second-order valence-electron chi connectivity index (χ2n) is 7.89. The average Bonchev–Trinajstić information content (AvgIpc) is 3.31. The number of nitrogens with zero attached hydrogens (tertiary/aromatic N) is 1. The number of amides is 2. The van der Waals surface area contributed by atoms with E-state index in [4.69, 9.17) is 18.9 Å². The van der Waals surface area contributed by atoms with E-state index in [1.807, 2.05) is 30.3 Å². The van der Waals surface area contributed by atoms with Crippen molar-refractivity contribution >= 4 is 11.8 Å². The van der Waals surface area contributed by atoms with Gasteiger partial charge in [0.2, 0.25) is 11.7 Å². The van der Waals surface area contributed by atoms with Crippen LogP contribution >= 0.6 is 0 Å². The van der Waals surface area contributed by atoms with Gasteiger partial charge in [0.15, 0.2) is 11.5 Å². The summed E-state index contributed by atoms with van der Waals surface area (Å²) in [6.45, 7) is 1.81. The highest BCUT2D eigenvalue weighted by Crippen LogP contribution is 2.43.